The number of hydrogen-bond acceptors (Lipinski definition) is 3. The molecule has 1 aromatic heterocycles. The van der Waals surface area contributed by atoms with Crippen molar-refractivity contribution >= 4 is 5.82 Å². The van der Waals surface area contributed by atoms with E-state index >= 15 is 0 Å². The number of aromatic nitrogens is 2. The van der Waals surface area contributed by atoms with Crippen molar-refractivity contribution in [2.45, 2.75) is 32.6 Å². The van der Waals surface area contributed by atoms with Gasteiger partial charge in [0.05, 0.1) is 5.69 Å². The summed E-state index contributed by atoms with van der Waals surface area (Å²) in [6, 6.07) is 22.5. The molecule has 0 unspecified atom stereocenters. The molecular weight excluding hydrogens is 306 g/mol. The van der Waals surface area contributed by atoms with E-state index in [9.17, 15) is 0 Å². The summed E-state index contributed by atoms with van der Waals surface area (Å²) in [6.45, 7) is 3.18. The molecule has 0 fully saturated rings. The van der Waals surface area contributed by atoms with Crippen molar-refractivity contribution < 1.29 is 0 Å². The minimum atomic E-state index is 0.762. The molecule has 3 heteroatoms. The van der Waals surface area contributed by atoms with Gasteiger partial charge >= 0.3 is 0 Å². The molecule has 2 aromatic carbocycles. The third-order valence-corrected chi connectivity index (χ3v) is 4.16. The molecule has 0 radical (unpaired) electrons. The maximum Gasteiger partial charge on any atom is 0.162 e. The van der Waals surface area contributed by atoms with Crippen molar-refractivity contribution in [1.82, 2.24) is 9.97 Å². The quantitative estimate of drug-likeness (QED) is 0.530. The van der Waals surface area contributed by atoms with Gasteiger partial charge in [0.1, 0.15) is 5.82 Å². The van der Waals surface area contributed by atoms with E-state index < -0.39 is 0 Å². The zero-order valence-corrected chi connectivity index (χ0v) is 14.8. The number of anilines is 1. The highest BCUT2D eigenvalue weighted by molar-refractivity contribution is 5.67. The fourth-order valence-electron chi connectivity index (χ4n) is 2.78. The van der Waals surface area contributed by atoms with Crippen LogP contribution in [0.5, 0.6) is 0 Å². The summed E-state index contributed by atoms with van der Waals surface area (Å²) in [5, 5.41) is 3.47. The third-order valence-electron chi connectivity index (χ3n) is 4.16. The molecule has 0 aliphatic carbocycles. The second-order valence-corrected chi connectivity index (χ2v) is 6.18. The van der Waals surface area contributed by atoms with Crippen LogP contribution in [-0.2, 0) is 0 Å². The maximum absolute atomic E-state index is 4.78. The fourth-order valence-corrected chi connectivity index (χ4v) is 2.78. The largest absolute Gasteiger partial charge is 0.370 e. The van der Waals surface area contributed by atoms with Crippen LogP contribution in [-0.4, -0.2) is 16.5 Å². The van der Waals surface area contributed by atoms with Crippen LogP contribution in [0.1, 0.15) is 32.6 Å². The van der Waals surface area contributed by atoms with Crippen molar-refractivity contribution in [2.24, 2.45) is 0 Å². The Morgan fingerprint density at radius 1 is 0.760 bits per heavy atom. The lowest BCUT2D eigenvalue weighted by molar-refractivity contribution is 0.684. The van der Waals surface area contributed by atoms with Crippen LogP contribution >= 0.6 is 0 Å². The first kappa shape index (κ1) is 17.2. The van der Waals surface area contributed by atoms with Gasteiger partial charge in [0.25, 0.3) is 0 Å². The molecule has 0 aliphatic heterocycles. The molecule has 1 N–H and O–H groups in total. The number of unbranched alkanes of at least 4 members (excludes halogenated alkanes) is 3. The molecule has 0 aliphatic rings. The molecule has 1 heterocycles. The molecule has 3 nitrogen and oxygen atoms in total. The number of rotatable bonds is 8. The smallest absolute Gasteiger partial charge is 0.162 e. The van der Waals surface area contributed by atoms with Crippen LogP contribution in [0.25, 0.3) is 22.6 Å². The summed E-state index contributed by atoms with van der Waals surface area (Å²) in [5.74, 6) is 1.65. The maximum atomic E-state index is 4.78. The van der Waals surface area contributed by atoms with Crippen molar-refractivity contribution in [2.75, 3.05) is 11.9 Å². The molecule has 25 heavy (non-hydrogen) atoms. The van der Waals surface area contributed by atoms with Gasteiger partial charge in [-0.15, -0.1) is 0 Å². The lowest BCUT2D eigenvalue weighted by atomic mass is 10.1. The Balaban J connectivity index is 1.86. The predicted molar refractivity (Wildman–Crippen MR) is 106 cm³/mol. The monoisotopic (exact) mass is 331 g/mol. The topological polar surface area (TPSA) is 37.8 Å². The minimum Gasteiger partial charge on any atom is -0.370 e. The first-order chi connectivity index (χ1) is 12.4. The second kappa shape index (κ2) is 8.97. The summed E-state index contributed by atoms with van der Waals surface area (Å²) in [5.41, 5.74) is 3.09. The van der Waals surface area contributed by atoms with Crippen LogP contribution in [0, 0.1) is 0 Å². The summed E-state index contributed by atoms with van der Waals surface area (Å²) >= 11 is 0. The van der Waals surface area contributed by atoms with E-state index in [1.54, 1.807) is 0 Å². The minimum absolute atomic E-state index is 0.762. The van der Waals surface area contributed by atoms with Crippen LogP contribution in [0.15, 0.2) is 66.7 Å². The van der Waals surface area contributed by atoms with Gasteiger partial charge in [-0.3, -0.25) is 0 Å². The van der Waals surface area contributed by atoms with Crippen molar-refractivity contribution in [1.29, 1.82) is 0 Å². The summed E-state index contributed by atoms with van der Waals surface area (Å²) in [6.07, 6.45) is 4.96. The second-order valence-electron chi connectivity index (χ2n) is 6.18. The molecule has 3 rings (SSSR count). The van der Waals surface area contributed by atoms with Crippen molar-refractivity contribution in [3.63, 3.8) is 0 Å². The van der Waals surface area contributed by atoms with Gasteiger partial charge in [-0.1, -0.05) is 86.8 Å². The van der Waals surface area contributed by atoms with Gasteiger partial charge in [-0.25, -0.2) is 9.97 Å². The van der Waals surface area contributed by atoms with Gasteiger partial charge in [0, 0.05) is 23.7 Å². The first-order valence-electron chi connectivity index (χ1n) is 9.10. The van der Waals surface area contributed by atoms with Crippen LogP contribution < -0.4 is 5.32 Å². The zero-order valence-electron chi connectivity index (χ0n) is 14.8. The van der Waals surface area contributed by atoms with Gasteiger partial charge in [-0.2, -0.15) is 0 Å². The Kier molecular flexibility index (Phi) is 6.16. The fraction of sp³-hybridized carbons (Fsp3) is 0.273. The average Bonchev–Trinajstić information content (AvgIpc) is 2.69. The van der Waals surface area contributed by atoms with Gasteiger partial charge in [0.2, 0.25) is 0 Å². The van der Waals surface area contributed by atoms with E-state index in [1.807, 2.05) is 42.5 Å². The standard InChI is InChI=1S/C22H25N3/c1-2-3-4-11-16-23-21-17-20(18-12-7-5-8-13-18)24-22(25-21)19-14-9-6-10-15-19/h5-10,12-15,17H,2-4,11,16H2,1H3,(H,23,24,25). The summed E-state index contributed by atoms with van der Waals surface area (Å²) in [4.78, 5) is 9.51. The lowest BCUT2D eigenvalue weighted by Crippen LogP contribution is -2.05. The Bertz CT molecular complexity index is 712. The highest BCUT2D eigenvalue weighted by Gasteiger charge is 2.08. The first-order valence-corrected chi connectivity index (χ1v) is 9.10. The van der Waals surface area contributed by atoms with Gasteiger partial charge < -0.3 is 5.32 Å². The number of benzene rings is 2. The van der Waals surface area contributed by atoms with E-state index in [4.69, 9.17) is 9.97 Å². The summed E-state index contributed by atoms with van der Waals surface area (Å²) < 4.78 is 0. The molecule has 0 saturated heterocycles. The highest BCUT2D eigenvalue weighted by Crippen LogP contribution is 2.24. The van der Waals surface area contributed by atoms with E-state index in [0.29, 0.717) is 0 Å². The molecule has 0 saturated carbocycles. The zero-order chi connectivity index (χ0) is 17.3. The number of nitrogens with zero attached hydrogens (tertiary/aromatic N) is 2. The van der Waals surface area contributed by atoms with Crippen LogP contribution in [0.2, 0.25) is 0 Å². The average molecular weight is 331 g/mol. The number of nitrogens with one attached hydrogen (secondary N) is 1. The van der Waals surface area contributed by atoms with E-state index in [2.05, 4.69) is 36.5 Å². The van der Waals surface area contributed by atoms with Crippen LogP contribution in [0.4, 0.5) is 5.82 Å². The molecule has 0 amide bonds. The Labute approximate surface area is 150 Å². The lowest BCUT2D eigenvalue weighted by Gasteiger charge is -2.10. The van der Waals surface area contributed by atoms with E-state index in [-0.39, 0.29) is 0 Å². The molecule has 128 valence electrons. The molecule has 3 aromatic rings. The van der Waals surface area contributed by atoms with Crippen LogP contribution in [0.3, 0.4) is 0 Å². The third kappa shape index (κ3) is 4.90. The predicted octanol–water partition coefficient (Wildman–Crippen LogP) is 5.80. The Morgan fingerprint density at radius 2 is 1.44 bits per heavy atom. The molecule has 0 atom stereocenters. The molecule has 0 spiro atoms. The molecule has 0 bridgehead atoms. The normalized spacial score (nSPS) is 10.6. The van der Waals surface area contributed by atoms with Gasteiger partial charge in [-0.05, 0) is 6.42 Å². The Hall–Kier alpha value is -2.68. The van der Waals surface area contributed by atoms with Crippen molar-refractivity contribution in [3.05, 3.63) is 66.7 Å². The highest BCUT2D eigenvalue weighted by atomic mass is 15.0. The summed E-state index contributed by atoms with van der Waals surface area (Å²) in [7, 11) is 0. The molecular formula is C22H25N3. The van der Waals surface area contributed by atoms with E-state index in [1.165, 1.54) is 25.7 Å². The van der Waals surface area contributed by atoms with E-state index in [0.717, 1.165) is 35.0 Å². The van der Waals surface area contributed by atoms with Crippen molar-refractivity contribution in [3.8, 4) is 22.6 Å². The SMILES string of the molecule is CCCCCCNc1cc(-c2ccccc2)nc(-c2ccccc2)n1. The van der Waals surface area contributed by atoms with Gasteiger partial charge in [0.15, 0.2) is 5.82 Å². The Morgan fingerprint density at radius 3 is 2.12 bits per heavy atom. The number of hydrogen-bond donors (Lipinski definition) is 1.